The molecule has 520 valence electrons. The Morgan fingerprint density at radius 2 is 0.887 bits per heavy atom. The van der Waals surface area contributed by atoms with Gasteiger partial charge in [-0.15, -0.1) is 12.4 Å². The molecular weight excluding hydrogens is 1320 g/mol. The second-order valence-electron chi connectivity index (χ2n) is 25.0. The number of aliphatic hydroxyl groups excluding tert-OH is 1. The lowest BCUT2D eigenvalue weighted by Gasteiger charge is -2.38. The van der Waals surface area contributed by atoms with Crippen molar-refractivity contribution < 1.29 is 50.8 Å². The van der Waals surface area contributed by atoms with Gasteiger partial charge in [0.25, 0.3) is 23.5 Å². The first-order valence-corrected chi connectivity index (χ1v) is 36.8. The summed E-state index contributed by atoms with van der Waals surface area (Å²) in [5.74, 6) is 1.73. The Kier molecular flexibility index (Phi) is 27.1. The number of benzene rings is 2. The number of sulfone groups is 2. The summed E-state index contributed by atoms with van der Waals surface area (Å²) in [7, 11) is -6.45. The van der Waals surface area contributed by atoms with Crippen molar-refractivity contribution in [3.63, 3.8) is 0 Å². The molecular formula is C68H86Cl2N14O11S2. The number of halogens is 2. The predicted molar refractivity (Wildman–Crippen MR) is 372 cm³/mol. The molecule has 2 saturated carbocycles. The van der Waals surface area contributed by atoms with Gasteiger partial charge in [-0.2, -0.15) is 0 Å². The lowest BCUT2D eigenvalue weighted by molar-refractivity contribution is 0.0375. The van der Waals surface area contributed by atoms with Gasteiger partial charge in [-0.25, -0.2) is 61.5 Å². The first-order valence-electron chi connectivity index (χ1n) is 32.3. The van der Waals surface area contributed by atoms with E-state index in [1.807, 2.05) is 61.7 Å². The number of aromatic nitrogens is 12. The van der Waals surface area contributed by atoms with Crippen molar-refractivity contribution in [3.8, 4) is 17.6 Å². The van der Waals surface area contributed by atoms with Crippen molar-refractivity contribution in [2.45, 2.75) is 153 Å². The minimum absolute atomic E-state index is 0. The molecule has 4 fully saturated rings. The number of fused-ring (bicyclic) bond motifs is 4. The topological polar surface area (TPSA) is 307 Å². The standard InChI is InChI=1S/C21H24N4O4S.C13H17N3O.C12H16N4O.C9H10O4S.C7H14O.C6H4ClN3.ClH/c1-15-7-8-17(29-20-19-22-9-11-24(19)12-10-23-20)13-25(15)21(26)18-6-4-3-5-16(18)14-30(2,27)28;1-10-2-4-11(5-3-10)17-13-12-14-6-8-16(12)9-7-15-13;1-9-2-3-10(8-15-9)17-12-11-13-4-6-16(11)7-5-14-12;1-14(12,13)6-7-4-2-3-5-8(7)9(10)11;1-6-2-4-7(8)5-3-6;7-5-6-9-2-4-10(6)3-1-8-5;/h3-6,9-12,15,17H,7-8,13-14H2,1-2H3;6-11H,2-5H2,1H3;4-7,9-10,15H,2-3,8H2,1H3;2-5H,6H2,1H3,(H,10,11);6-8H,2-5H2,1H3;1-4H;1H/t15-,17-;;9-,10-;;;;/m1.1..../s1. The molecule has 14 rings (SSSR count). The first kappa shape index (κ1) is 74.5. The second-order valence-corrected chi connectivity index (χ2v) is 29.6. The van der Waals surface area contributed by atoms with E-state index in [0.717, 1.165) is 87.3 Å². The number of carbonyl (C=O) groups is 2. The highest BCUT2D eigenvalue weighted by Gasteiger charge is 2.33. The number of ether oxygens (including phenoxy) is 3. The fraction of sp³-hybridized carbons (Fsp3) is 0.441. The van der Waals surface area contributed by atoms with Crippen LogP contribution >= 0.6 is 24.0 Å². The highest BCUT2D eigenvalue weighted by molar-refractivity contribution is 7.90. The van der Waals surface area contributed by atoms with Crippen LogP contribution in [0.25, 0.3) is 22.6 Å². The van der Waals surface area contributed by atoms with E-state index in [1.54, 1.807) is 103 Å². The minimum atomic E-state index is -3.26. The van der Waals surface area contributed by atoms with Crippen LogP contribution in [-0.4, -0.2) is 163 Å². The maximum atomic E-state index is 13.3. The molecule has 0 bridgehead atoms. The molecule has 0 unspecified atom stereocenters. The van der Waals surface area contributed by atoms with Crippen LogP contribution in [0.1, 0.15) is 137 Å². The summed E-state index contributed by atoms with van der Waals surface area (Å²) in [4.78, 5) is 59.3. The Morgan fingerprint density at radius 3 is 1.33 bits per heavy atom. The number of rotatable bonds is 12. The van der Waals surface area contributed by atoms with Crippen molar-refractivity contribution in [2.24, 2.45) is 11.8 Å². The third kappa shape index (κ3) is 22.1. The summed E-state index contributed by atoms with van der Waals surface area (Å²) in [6, 6.07) is 13.6. The molecule has 10 aromatic rings. The molecule has 0 radical (unpaired) electrons. The van der Waals surface area contributed by atoms with Crippen LogP contribution in [-0.2, 0) is 31.2 Å². The van der Waals surface area contributed by atoms with E-state index in [-0.39, 0.29) is 59.7 Å². The minimum Gasteiger partial charge on any atom is -0.478 e. The average molecular weight is 1410 g/mol. The van der Waals surface area contributed by atoms with Crippen molar-refractivity contribution >= 4 is 78.1 Å². The van der Waals surface area contributed by atoms with Crippen molar-refractivity contribution in [3.05, 3.63) is 175 Å². The molecule has 3 N–H and O–H groups in total. The smallest absolute Gasteiger partial charge is 0.335 e. The van der Waals surface area contributed by atoms with Gasteiger partial charge >= 0.3 is 5.97 Å². The van der Waals surface area contributed by atoms with Gasteiger partial charge in [0.15, 0.2) is 47.4 Å². The molecule has 8 aromatic heterocycles. The number of piperidine rings is 2. The quantitative estimate of drug-likeness (QED) is 0.102. The zero-order valence-corrected chi connectivity index (χ0v) is 58.5. The molecule has 25 nitrogen and oxygen atoms in total. The van der Waals surface area contributed by atoms with Gasteiger partial charge in [0.05, 0.1) is 29.7 Å². The highest BCUT2D eigenvalue weighted by Crippen LogP contribution is 2.30. The van der Waals surface area contributed by atoms with E-state index in [2.05, 4.69) is 66.0 Å². The normalized spacial score (nSPS) is 20.8. The molecule has 2 aromatic carbocycles. The molecule has 0 spiro atoms. The summed E-state index contributed by atoms with van der Waals surface area (Å²) >= 11 is 5.70. The molecule has 2 aliphatic heterocycles. The average Bonchev–Trinajstić information content (AvgIpc) is 1.77. The number of hydrogen-bond donors (Lipinski definition) is 3. The van der Waals surface area contributed by atoms with Gasteiger partial charge in [0, 0.05) is 136 Å². The lowest BCUT2D eigenvalue weighted by atomic mass is 9.89. The number of carboxylic acids is 1. The third-order valence-electron chi connectivity index (χ3n) is 16.9. The summed E-state index contributed by atoms with van der Waals surface area (Å²) in [6.07, 6.45) is 44.1. The van der Waals surface area contributed by atoms with Crippen LogP contribution in [0.4, 0.5) is 0 Å². The molecule has 4 aliphatic rings. The Labute approximate surface area is 576 Å². The summed E-state index contributed by atoms with van der Waals surface area (Å²) in [5.41, 5.74) is 4.22. The zero-order valence-electron chi connectivity index (χ0n) is 55.3. The molecule has 97 heavy (non-hydrogen) atoms. The van der Waals surface area contributed by atoms with Gasteiger partial charge < -0.3 is 52.2 Å². The van der Waals surface area contributed by atoms with E-state index in [9.17, 15) is 26.4 Å². The Bertz CT molecular complexity index is 4270. The molecule has 2 saturated heterocycles. The summed E-state index contributed by atoms with van der Waals surface area (Å²) in [6.45, 7) is 10.0. The zero-order chi connectivity index (χ0) is 68.4. The van der Waals surface area contributed by atoms with E-state index in [0.29, 0.717) is 69.5 Å². The summed E-state index contributed by atoms with van der Waals surface area (Å²) < 4.78 is 71.1. The third-order valence-corrected chi connectivity index (χ3v) is 18.9. The van der Waals surface area contributed by atoms with Crippen LogP contribution in [0.15, 0.2) is 148 Å². The molecule has 1 amide bonds. The van der Waals surface area contributed by atoms with Crippen LogP contribution in [0, 0.1) is 11.8 Å². The number of likely N-dealkylation sites (tertiary alicyclic amines) is 1. The van der Waals surface area contributed by atoms with Gasteiger partial charge in [0.1, 0.15) is 18.3 Å². The molecule has 29 heteroatoms. The van der Waals surface area contributed by atoms with E-state index in [4.69, 9.17) is 36.0 Å². The number of aromatic carboxylic acids is 1. The maximum absolute atomic E-state index is 13.3. The van der Waals surface area contributed by atoms with Gasteiger partial charge in [-0.1, -0.05) is 61.8 Å². The first-order chi connectivity index (χ1) is 46.0. The highest BCUT2D eigenvalue weighted by atomic mass is 35.5. The lowest BCUT2D eigenvalue weighted by Crippen LogP contribution is -2.49. The van der Waals surface area contributed by atoms with E-state index >= 15 is 0 Å². The van der Waals surface area contributed by atoms with E-state index in [1.165, 1.54) is 44.1 Å². The number of nitrogens with zero attached hydrogens (tertiary/aromatic N) is 13. The largest absolute Gasteiger partial charge is 0.478 e. The Hall–Kier alpha value is -8.34. The number of carbonyl (C=O) groups excluding carboxylic acids is 1. The van der Waals surface area contributed by atoms with Crippen LogP contribution in [0.3, 0.4) is 0 Å². The van der Waals surface area contributed by atoms with Crippen molar-refractivity contribution in [1.29, 1.82) is 0 Å². The van der Waals surface area contributed by atoms with Crippen LogP contribution in [0.2, 0.25) is 5.15 Å². The number of imidazole rings is 4. The fourth-order valence-corrected chi connectivity index (χ4v) is 13.4. The fourth-order valence-electron chi connectivity index (χ4n) is 11.6. The summed E-state index contributed by atoms with van der Waals surface area (Å²) in [5, 5.41) is 21.6. The van der Waals surface area contributed by atoms with Crippen molar-refractivity contribution in [1.82, 2.24) is 67.7 Å². The Morgan fingerprint density at radius 1 is 0.505 bits per heavy atom. The molecule has 4 atom stereocenters. The van der Waals surface area contributed by atoms with Crippen molar-refractivity contribution in [2.75, 3.05) is 25.6 Å². The number of carboxylic acid groups (broad SMARTS) is 1. The van der Waals surface area contributed by atoms with Gasteiger partial charge in [-0.05, 0) is 126 Å². The second kappa shape index (κ2) is 35.2. The number of hydrogen-bond acceptors (Lipinski definition) is 19. The van der Waals surface area contributed by atoms with E-state index < -0.39 is 25.6 Å². The van der Waals surface area contributed by atoms with Gasteiger partial charge in [0.2, 0.25) is 0 Å². The SMILES string of the molecule is CC1CCC(O)CC1.CC1CCC(Oc2nccn3ccnc23)CC1.CS(=O)(=O)Cc1ccccc1C(=O)O.C[C@@H]1CC[C@@H](Oc2nccn3ccnc23)CN1.C[C@@H]1CC[C@@H](Oc2nccn3ccnc23)CN1C(=O)c1ccccc1CS(C)(=O)=O.Cl.Clc1nccn2ccnc12. The number of nitrogens with one attached hydrogen (secondary N) is 1. The molecule has 2 aliphatic carbocycles. The maximum Gasteiger partial charge on any atom is 0.335 e. The van der Waals surface area contributed by atoms with Gasteiger partial charge in [-0.3, -0.25) is 4.79 Å². The van der Waals surface area contributed by atoms with Crippen LogP contribution < -0.4 is 19.5 Å². The molecule has 10 heterocycles. The number of aliphatic hydroxyl groups is 1. The Balaban J connectivity index is 0.000000156. The number of amides is 1. The monoisotopic (exact) mass is 1410 g/mol. The van der Waals surface area contributed by atoms with Crippen LogP contribution in [0.5, 0.6) is 17.6 Å². The predicted octanol–water partition coefficient (Wildman–Crippen LogP) is 10.6.